The van der Waals surface area contributed by atoms with Crippen LogP contribution in [0.1, 0.15) is 34.0 Å². The molecular formula is C12H9ClF3NO2. The first kappa shape index (κ1) is 15.3. The Bertz CT molecular complexity index is 535. The maximum atomic E-state index is 13.0. The maximum absolute atomic E-state index is 13.0. The van der Waals surface area contributed by atoms with Gasteiger partial charge in [-0.1, -0.05) is 0 Å². The number of esters is 1. The summed E-state index contributed by atoms with van der Waals surface area (Å²) in [5.74, 6) is -1.44. The van der Waals surface area contributed by atoms with E-state index in [0.717, 1.165) is 12.1 Å². The first-order chi connectivity index (χ1) is 8.86. The molecule has 0 aliphatic carbocycles. The van der Waals surface area contributed by atoms with E-state index < -0.39 is 34.7 Å². The molecule has 0 unspecified atom stereocenters. The Kier molecular flexibility index (Phi) is 4.78. The minimum absolute atomic E-state index is 0.0297. The summed E-state index contributed by atoms with van der Waals surface area (Å²) in [5.41, 5.74) is -2.47. The highest BCUT2D eigenvalue weighted by molar-refractivity contribution is 6.17. The molecule has 0 spiro atoms. The number of nitrogens with zero attached hydrogens (tertiary/aromatic N) is 1. The Morgan fingerprint density at radius 1 is 1.47 bits per heavy atom. The number of ether oxygens (including phenoxy) is 1. The average molecular weight is 292 g/mol. The van der Waals surface area contributed by atoms with Crippen LogP contribution in [0.5, 0.6) is 0 Å². The first-order valence-electron chi connectivity index (χ1n) is 5.23. The highest BCUT2D eigenvalue weighted by Gasteiger charge is 2.38. The van der Waals surface area contributed by atoms with Gasteiger partial charge in [-0.3, -0.25) is 0 Å². The van der Waals surface area contributed by atoms with Gasteiger partial charge in [0.15, 0.2) is 0 Å². The topological polar surface area (TPSA) is 50.1 Å². The van der Waals surface area contributed by atoms with E-state index in [0.29, 0.717) is 0 Å². The number of benzene rings is 1. The molecule has 0 saturated carbocycles. The minimum atomic E-state index is -4.77. The lowest BCUT2D eigenvalue weighted by atomic mass is 9.97. The molecule has 1 aromatic rings. The van der Waals surface area contributed by atoms with E-state index in [2.05, 4.69) is 4.74 Å². The molecule has 3 nitrogen and oxygen atoms in total. The van der Waals surface area contributed by atoms with Gasteiger partial charge in [-0.25, -0.2) is 4.79 Å². The Balaban J connectivity index is 3.55. The number of alkyl halides is 4. The summed E-state index contributed by atoms with van der Waals surface area (Å²) in [6.07, 6.45) is -4.77. The summed E-state index contributed by atoms with van der Waals surface area (Å²) < 4.78 is 43.5. The highest BCUT2D eigenvalue weighted by Crippen LogP contribution is 2.37. The minimum Gasteiger partial charge on any atom is -0.462 e. The number of hydrogen-bond acceptors (Lipinski definition) is 3. The molecular weight excluding hydrogens is 283 g/mol. The summed E-state index contributed by atoms with van der Waals surface area (Å²) in [4.78, 5) is 11.6. The van der Waals surface area contributed by atoms with Crippen molar-refractivity contribution in [2.24, 2.45) is 0 Å². The van der Waals surface area contributed by atoms with Gasteiger partial charge >= 0.3 is 12.1 Å². The smallest absolute Gasteiger partial charge is 0.418 e. The summed E-state index contributed by atoms with van der Waals surface area (Å²) >= 11 is 5.50. The fourth-order valence-corrected chi connectivity index (χ4v) is 1.88. The van der Waals surface area contributed by atoms with Gasteiger partial charge in [0.25, 0.3) is 0 Å². The van der Waals surface area contributed by atoms with Crippen LogP contribution in [0.4, 0.5) is 13.2 Å². The van der Waals surface area contributed by atoms with Gasteiger partial charge in [-0.15, -0.1) is 11.6 Å². The van der Waals surface area contributed by atoms with Gasteiger partial charge in [-0.2, -0.15) is 18.4 Å². The third-order valence-electron chi connectivity index (χ3n) is 2.35. The van der Waals surface area contributed by atoms with Gasteiger partial charge in [0.2, 0.25) is 0 Å². The molecule has 0 bridgehead atoms. The van der Waals surface area contributed by atoms with Gasteiger partial charge in [0.05, 0.1) is 29.4 Å². The van der Waals surface area contributed by atoms with Crippen LogP contribution >= 0.6 is 11.6 Å². The van der Waals surface area contributed by atoms with Crippen molar-refractivity contribution in [2.75, 3.05) is 6.61 Å². The zero-order valence-corrected chi connectivity index (χ0v) is 10.6. The summed E-state index contributed by atoms with van der Waals surface area (Å²) in [5, 5.41) is 8.73. The maximum Gasteiger partial charge on any atom is 0.418 e. The lowest BCUT2D eigenvalue weighted by Gasteiger charge is -2.16. The molecule has 0 radical (unpaired) electrons. The van der Waals surface area contributed by atoms with Crippen LogP contribution < -0.4 is 0 Å². The molecule has 1 rings (SSSR count). The van der Waals surface area contributed by atoms with Crippen LogP contribution in [0, 0.1) is 11.3 Å². The molecule has 102 valence electrons. The lowest BCUT2D eigenvalue weighted by molar-refractivity contribution is -0.138. The van der Waals surface area contributed by atoms with Crippen molar-refractivity contribution in [1.29, 1.82) is 5.26 Å². The molecule has 0 atom stereocenters. The fourth-order valence-electron chi connectivity index (χ4n) is 1.60. The van der Waals surface area contributed by atoms with Crippen molar-refractivity contribution >= 4 is 17.6 Å². The second-order valence-corrected chi connectivity index (χ2v) is 3.75. The molecule has 0 saturated heterocycles. The van der Waals surface area contributed by atoms with E-state index in [-0.39, 0.29) is 12.2 Å². The third-order valence-corrected chi connectivity index (χ3v) is 2.61. The monoisotopic (exact) mass is 291 g/mol. The summed E-state index contributed by atoms with van der Waals surface area (Å²) in [6.45, 7) is 1.56. The number of carbonyl (C=O) groups excluding carboxylic acids is 1. The molecule has 0 aromatic heterocycles. The van der Waals surface area contributed by atoms with Gasteiger partial charge in [0.1, 0.15) is 0 Å². The standard InChI is InChI=1S/C12H9ClF3NO2/c1-2-19-11(18)8-4-3-7(6-17)10(9(8)5-13)12(14,15)16/h3-4H,2,5H2,1H3. The van der Waals surface area contributed by atoms with E-state index in [1.807, 2.05) is 0 Å². The SMILES string of the molecule is CCOC(=O)c1ccc(C#N)c(C(F)(F)F)c1CCl. The van der Waals surface area contributed by atoms with Crippen molar-refractivity contribution in [1.82, 2.24) is 0 Å². The van der Waals surface area contributed by atoms with E-state index >= 15 is 0 Å². The second kappa shape index (κ2) is 5.93. The zero-order chi connectivity index (χ0) is 14.6. The van der Waals surface area contributed by atoms with Crippen molar-refractivity contribution in [3.63, 3.8) is 0 Å². The van der Waals surface area contributed by atoms with Crippen LogP contribution in [-0.2, 0) is 16.8 Å². The molecule has 7 heteroatoms. The molecule has 0 amide bonds. The quantitative estimate of drug-likeness (QED) is 0.632. The summed E-state index contributed by atoms with van der Waals surface area (Å²) in [6, 6.07) is 3.49. The number of nitriles is 1. The number of hydrogen-bond donors (Lipinski definition) is 0. The van der Waals surface area contributed by atoms with Crippen molar-refractivity contribution < 1.29 is 22.7 Å². The predicted molar refractivity (Wildman–Crippen MR) is 61.7 cm³/mol. The van der Waals surface area contributed by atoms with Crippen molar-refractivity contribution in [3.05, 3.63) is 34.4 Å². The van der Waals surface area contributed by atoms with Crippen LogP contribution in [0.15, 0.2) is 12.1 Å². The normalized spacial score (nSPS) is 10.9. The van der Waals surface area contributed by atoms with Crippen molar-refractivity contribution in [3.8, 4) is 6.07 Å². The summed E-state index contributed by atoms with van der Waals surface area (Å²) in [7, 11) is 0. The molecule has 0 aliphatic heterocycles. The Morgan fingerprint density at radius 3 is 2.53 bits per heavy atom. The Morgan fingerprint density at radius 2 is 2.11 bits per heavy atom. The van der Waals surface area contributed by atoms with Crippen molar-refractivity contribution in [2.45, 2.75) is 19.0 Å². The van der Waals surface area contributed by atoms with Crippen LogP contribution in [-0.4, -0.2) is 12.6 Å². The van der Waals surface area contributed by atoms with E-state index in [1.54, 1.807) is 0 Å². The molecule has 19 heavy (non-hydrogen) atoms. The lowest BCUT2D eigenvalue weighted by Crippen LogP contribution is -2.16. The van der Waals surface area contributed by atoms with Gasteiger partial charge < -0.3 is 4.74 Å². The average Bonchev–Trinajstić information content (AvgIpc) is 2.35. The fraction of sp³-hybridized carbons (Fsp3) is 0.333. The van der Waals surface area contributed by atoms with Gasteiger partial charge in [-0.05, 0) is 24.6 Å². The zero-order valence-electron chi connectivity index (χ0n) is 9.84. The second-order valence-electron chi connectivity index (χ2n) is 3.48. The van der Waals surface area contributed by atoms with Crippen LogP contribution in [0.25, 0.3) is 0 Å². The Labute approximate surface area is 112 Å². The predicted octanol–water partition coefficient (Wildman–Crippen LogP) is 3.49. The third kappa shape index (κ3) is 3.18. The molecule has 0 N–H and O–H groups in total. The number of carbonyl (C=O) groups is 1. The highest BCUT2D eigenvalue weighted by atomic mass is 35.5. The number of rotatable bonds is 3. The van der Waals surface area contributed by atoms with Crippen LogP contribution in [0.2, 0.25) is 0 Å². The van der Waals surface area contributed by atoms with E-state index in [1.165, 1.54) is 13.0 Å². The molecule has 0 aliphatic rings. The molecule has 1 aromatic carbocycles. The molecule has 0 heterocycles. The largest absolute Gasteiger partial charge is 0.462 e. The van der Waals surface area contributed by atoms with Crippen LogP contribution in [0.3, 0.4) is 0 Å². The van der Waals surface area contributed by atoms with E-state index in [4.69, 9.17) is 16.9 Å². The number of halogens is 4. The Hall–Kier alpha value is -1.74. The molecule has 0 fully saturated rings. The van der Waals surface area contributed by atoms with E-state index in [9.17, 15) is 18.0 Å². The van der Waals surface area contributed by atoms with Gasteiger partial charge in [0, 0.05) is 5.88 Å². The first-order valence-corrected chi connectivity index (χ1v) is 5.76.